The molecule has 1 aromatic carbocycles. The van der Waals surface area contributed by atoms with Gasteiger partial charge in [0.05, 0.1) is 0 Å². The maximum absolute atomic E-state index is 13.4. The van der Waals surface area contributed by atoms with E-state index in [4.69, 9.17) is 0 Å². The van der Waals surface area contributed by atoms with E-state index in [-0.39, 0.29) is 10.8 Å². The quantitative estimate of drug-likeness (QED) is 0.811. The Balaban J connectivity index is 2.16. The average molecular weight is 295 g/mol. The Bertz CT molecular complexity index is 494. The van der Waals surface area contributed by atoms with E-state index in [9.17, 15) is 8.78 Å². The maximum Gasteiger partial charge on any atom is 0.159 e. The lowest BCUT2D eigenvalue weighted by atomic mass is 9.96. The molecule has 0 heterocycles. The van der Waals surface area contributed by atoms with Crippen molar-refractivity contribution in [2.75, 3.05) is 6.54 Å². The van der Waals surface area contributed by atoms with Gasteiger partial charge in [0.2, 0.25) is 0 Å². The summed E-state index contributed by atoms with van der Waals surface area (Å²) in [7, 11) is 0. The molecule has 1 aromatic rings. The summed E-state index contributed by atoms with van der Waals surface area (Å²) in [5.74, 6) is -0.982. The summed E-state index contributed by atoms with van der Waals surface area (Å²) in [4.78, 5) is 0. The molecule has 0 aliphatic heterocycles. The molecule has 118 valence electrons. The molecule has 0 amide bonds. The van der Waals surface area contributed by atoms with Crippen molar-refractivity contribution in [3.63, 3.8) is 0 Å². The smallest absolute Gasteiger partial charge is 0.159 e. The third-order valence-corrected chi connectivity index (χ3v) is 5.63. The number of rotatable bonds is 6. The maximum atomic E-state index is 13.4. The van der Waals surface area contributed by atoms with Crippen LogP contribution in [0.3, 0.4) is 0 Å². The van der Waals surface area contributed by atoms with Gasteiger partial charge in [-0.05, 0) is 53.8 Å². The van der Waals surface area contributed by atoms with Gasteiger partial charge >= 0.3 is 0 Å². The van der Waals surface area contributed by atoms with E-state index in [1.165, 1.54) is 12.1 Å². The first-order valence-corrected chi connectivity index (χ1v) is 7.89. The van der Waals surface area contributed by atoms with Gasteiger partial charge in [0.25, 0.3) is 0 Å². The Hall–Kier alpha value is -0.960. The van der Waals surface area contributed by atoms with Crippen LogP contribution in [-0.4, -0.2) is 12.6 Å². The van der Waals surface area contributed by atoms with Gasteiger partial charge in [0.1, 0.15) is 0 Å². The largest absolute Gasteiger partial charge is 0.313 e. The molecule has 0 bridgehead atoms. The summed E-state index contributed by atoms with van der Waals surface area (Å²) >= 11 is 0. The van der Waals surface area contributed by atoms with Gasteiger partial charge in [0.15, 0.2) is 11.6 Å². The molecule has 3 heteroatoms. The van der Waals surface area contributed by atoms with E-state index < -0.39 is 11.6 Å². The summed E-state index contributed by atoms with van der Waals surface area (Å²) in [5.41, 5.74) is 1.41. The van der Waals surface area contributed by atoms with Crippen LogP contribution < -0.4 is 5.32 Å². The number of benzene rings is 1. The summed E-state index contributed by atoms with van der Waals surface area (Å²) in [5, 5.41) is 3.61. The first-order chi connectivity index (χ1) is 9.71. The third kappa shape index (κ3) is 2.98. The van der Waals surface area contributed by atoms with Crippen LogP contribution in [0.5, 0.6) is 0 Å². The molecule has 1 nitrogen and oxygen atoms in total. The van der Waals surface area contributed by atoms with Crippen molar-refractivity contribution in [3.8, 4) is 0 Å². The predicted molar refractivity (Wildman–Crippen MR) is 83.2 cm³/mol. The molecule has 1 aliphatic carbocycles. The minimum absolute atomic E-state index is 0.275. The zero-order valence-electron chi connectivity index (χ0n) is 13.8. The molecule has 2 rings (SSSR count). The van der Waals surface area contributed by atoms with Crippen LogP contribution in [0.25, 0.3) is 0 Å². The monoisotopic (exact) mass is 295 g/mol. The highest BCUT2D eigenvalue weighted by molar-refractivity contribution is 5.23. The number of nitrogens with one attached hydrogen (secondary N) is 1. The second-order valence-electron chi connectivity index (χ2n) is 7.43. The van der Waals surface area contributed by atoms with Crippen molar-refractivity contribution in [2.24, 2.45) is 16.7 Å². The Labute approximate surface area is 127 Å². The fourth-order valence-electron chi connectivity index (χ4n) is 3.81. The zero-order valence-corrected chi connectivity index (χ0v) is 13.8. The van der Waals surface area contributed by atoms with E-state index in [1.807, 2.05) is 0 Å². The van der Waals surface area contributed by atoms with Crippen molar-refractivity contribution >= 4 is 0 Å². The summed E-state index contributed by atoms with van der Waals surface area (Å²) < 4.78 is 26.5. The minimum atomic E-state index is -0.774. The molecule has 0 saturated heterocycles. The molecule has 1 atom stereocenters. The fourth-order valence-corrected chi connectivity index (χ4v) is 3.81. The molecule has 1 fully saturated rings. The predicted octanol–water partition coefficient (Wildman–Crippen LogP) is 4.56. The first-order valence-electron chi connectivity index (χ1n) is 7.89. The molecule has 0 aromatic heterocycles. The highest BCUT2D eigenvalue weighted by Gasteiger charge is 2.66. The standard InChI is InChI=1S/C18H27F2N/c1-6-9-21-15(16-17(2,3)18(16,4)5)11-12-7-8-13(19)14(20)10-12/h7-8,10,15-16,21H,6,9,11H2,1-5H3. The molecule has 0 spiro atoms. The van der Waals surface area contributed by atoms with Gasteiger partial charge in [-0.15, -0.1) is 0 Å². The van der Waals surface area contributed by atoms with Gasteiger partial charge in [-0.2, -0.15) is 0 Å². The lowest BCUT2D eigenvalue weighted by Crippen LogP contribution is -2.36. The second-order valence-corrected chi connectivity index (χ2v) is 7.43. The van der Waals surface area contributed by atoms with Gasteiger partial charge in [-0.25, -0.2) is 8.78 Å². The number of halogens is 2. The van der Waals surface area contributed by atoms with Crippen molar-refractivity contribution in [1.82, 2.24) is 5.32 Å². The van der Waals surface area contributed by atoms with Crippen LogP contribution in [0, 0.1) is 28.4 Å². The normalized spacial score (nSPS) is 21.3. The van der Waals surface area contributed by atoms with Gasteiger partial charge in [0, 0.05) is 6.04 Å². The van der Waals surface area contributed by atoms with Gasteiger partial charge in [-0.1, -0.05) is 40.7 Å². The van der Waals surface area contributed by atoms with Crippen LogP contribution in [0.4, 0.5) is 8.78 Å². The summed E-state index contributed by atoms with van der Waals surface area (Å²) in [6.07, 6.45) is 1.82. The Morgan fingerprint density at radius 1 is 1.10 bits per heavy atom. The third-order valence-electron chi connectivity index (χ3n) is 5.63. The van der Waals surface area contributed by atoms with Crippen LogP contribution in [0.15, 0.2) is 18.2 Å². The Kier molecular flexibility index (Phi) is 4.44. The highest BCUT2D eigenvalue weighted by atomic mass is 19.2. The van der Waals surface area contributed by atoms with E-state index >= 15 is 0 Å². The van der Waals surface area contributed by atoms with Crippen LogP contribution >= 0.6 is 0 Å². The Morgan fingerprint density at radius 3 is 2.19 bits per heavy atom. The van der Waals surface area contributed by atoms with E-state index in [0.29, 0.717) is 12.0 Å². The van der Waals surface area contributed by atoms with Crippen LogP contribution in [0.1, 0.15) is 46.6 Å². The average Bonchev–Trinajstić information content (AvgIpc) is 2.80. The molecule has 21 heavy (non-hydrogen) atoms. The topological polar surface area (TPSA) is 12.0 Å². The van der Waals surface area contributed by atoms with E-state index in [2.05, 4.69) is 39.9 Å². The van der Waals surface area contributed by atoms with Crippen molar-refractivity contribution in [3.05, 3.63) is 35.4 Å². The Morgan fingerprint density at radius 2 is 1.71 bits per heavy atom. The lowest BCUT2D eigenvalue weighted by molar-refractivity contribution is 0.394. The minimum Gasteiger partial charge on any atom is -0.313 e. The fraction of sp³-hybridized carbons (Fsp3) is 0.667. The molecule has 1 N–H and O–H groups in total. The van der Waals surface area contributed by atoms with E-state index in [0.717, 1.165) is 24.9 Å². The van der Waals surface area contributed by atoms with Crippen LogP contribution in [0.2, 0.25) is 0 Å². The highest BCUT2D eigenvalue weighted by Crippen LogP contribution is 2.69. The molecular weight excluding hydrogens is 268 g/mol. The van der Waals surface area contributed by atoms with Crippen LogP contribution in [-0.2, 0) is 6.42 Å². The number of hydrogen-bond donors (Lipinski definition) is 1. The van der Waals surface area contributed by atoms with Gasteiger partial charge < -0.3 is 5.32 Å². The SMILES string of the molecule is CCCNC(Cc1ccc(F)c(F)c1)C1C(C)(C)C1(C)C. The summed E-state index contributed by atoms with van der Waals surface area (Å²) in [6, 6.07) is 4.56. The molecule has 1 aliphatic rings. The van der Waals surface area contributed by atoms with Crippen molar-refractivity contribution in [1.29, 1.82) is 0 Å². The molecular formula is C18H27F2N. The molecule has 1 unspecified atom stereocenters. The first kappa shape index (κ1) is 16.4. The summed E-state index contributed by atoms with van der Waals surface area (Å²) in [6.45, 7) is 12.3. The zero-order chi connectivity index (χ0) is 15.8. The number of hydrogen-bond acceptors (Lipinski definition) is 1. The van der Waals surface area contributed by atoms with Crippen molar-refractivity contribution < 1.29 is 8.78 Å². The second kappa shape index (κ2) is 5.68. The van der Waals surface area contributed by atoms with Crippen molar-refractivity contribution in [2.45, 2.75) is 53.5 Å². The molecule has 0 radical (unpaired) electrons. The lowest BCUT2D eigenvalue weighted by Gasteiger charge is -2.21. The van der Waals surface area contributed by atoms with Gasteiger partial charge in [-0.3, -0.25) is 0 Å². The molecule has 1 saturated carbocycles. The van der Waals surface area contributed by atoms with E-state index in [1.54, 1.807) is 6.07 Å².